The van der Waals surface area contributed by atoms with Gasteiger partial charge >= 0.3 is 0 Å². The molecule has 0 amide bonds. The number of nitrogens with zero attached hydrogens (tertiary/aromatic N) is 3. The highest BCUT2D eigenvalue weighted by Crippen LogP contribution is 2.24. The molecule has 18 heavy (non-hydrogen) atoms. The van der Waals surface area contributed by atoms with Gasteiger partial charge in [0.25, 0.3) is 0 Å². The molecule has 0 radical (unpaired) electrons. The fourth-order valence-electron chi connectivity index (χ4n) is 2.16. The summed E-state index contributed by atoms with van der Waals surface area (Å²) in [4.78, 5) is 11.0. The summed E-state index contributed by atoms with van der Waals surface area (Å²) in [5.41, 5.74) is 0.244. The van der Waals surface area contributed by atoms with Gasteiger partial charge in [-0.05, 0) is 33.7 Å². The van der Waals surface area contributed by atoms with Crippen molar-refractivity contribution < 1.29 is 4.74 Å². The van der Waals surface area contributed by atoms with Gasteiger partial charge in [0.15, 0.2) is 0 Å². The highest BCUT2D eigenvalue weighted by atomic mass is 16.5. The minimum absolute atomic E-state index is 0.244. The Balaban J connectivity index is 2.03. The topological polar surface area (TPSA) is 50.3 Å². The lowest BCUT2D eigenvalue weighted by atomic mass is 9.90. The van der Waals surface area contributed by atoms with E-state index >= 15 is 0 Å². The fourth-order valence-corrected chi connectivity index (χ4v) is 2.16. The molecule has 0 unspecified atom stereocenters. The molecule has 0 bridgehead atoms. The smallest absolute Gasteiger partial charge is 0.228 e. The first-order chi connectivity index (χ1) is 8.67. The maximum Gasteiger partial charge on any atom is 0.228 e. The molecule has 1 aliphatic rings. The summed E-state index contributed by atoms with van der Waals surface area (Å²) in [6.07, 6.45) is 3.97. The Bertz CT molecular complexity index is 388. The van der Waals surface area contributed by atoms with E-state index in [1.165, 1.54) is 0 Å². The van der Waals surface area contributed by atoms with Gasteiger partial charge in [-0.15, -0.1) is 0 Å². The van der Waals surface area contributed by atoms with Crippen LogP contribution >= 0.6 is 0 Å². The van der Waals surface area contributed by atoms with Crippen molar-refractivity contribution in [2.45, 2.75) is 32.2 Å². The third-order valence-corrected chi connectivity index (χ3v) is 3.66. The molecule has 0 aliphatic carbocycles. The van der Waals surface area contributed by atoms with Gasteiger partial charge in [-0.2, -0.15) is 4.98 Å². The summed E-state index contributed by atoms with van der Waals surface area (Å²) < 4.78 is 5.41. The van der Waals surface area contributed by atoms with Crippen molar-refractivity contribution in [2.75, 3.05) is 31.6 Å². The predicted molar refractivity (Wildman–Crippen MR) is 72.1 cm³/mol. The van der Waals surface area contributed by atoms with Crippen molar-refractivity contribution >= 4 is 5.95 Å². The minimum atomic E-state index is 0.244. The molecule has 1 N–H and O–H groups in total. The summed E-state index contributed by atoms with van der Waals surface area (Å²) >= 11 is 0. The first kappa shape index (κ1) is 13.1. The quantitative estimate of drug-likeness (QED) is 0.876. The molecule has 0 spiro atoms. The second kappa shape index (κ2) is 5.52. The summed E-state index contributed by atoms with van der Waals surface area (Å²) in [6, 6.07) is 1.80. The first-order valence-electron chi connectivity index (χ1n) is 6.56. The van der Waals surface area contributed by atoms with Crippen LogP contribution in [0.4, 0.5) is 5.95 Å². The number of anilines is 1. The Labute approximate surface area is 109 Å². The zero-order valence-electron chi connectivity index (χ0n) is 11.4. The Hall–Kier alpha value is -1.36. The molecular formula is C13H22N4O. The SMILES string of the molecule is CCOc1ccnc(N2CCC(C)(NC)CC2)n1. The molecule has 1 saturated heterocycles. The lowest BCUT2D eigenvalue weighted by molar-refractivity contribution is 0.301. The normalized spacial score (nSPS) is 18.7. The number of hydrogen-bond acceptors (Lipinski definition) is 5. The van der Waals surface area contributed by atoms with E-state index in [0.717, 1.165) is 31.9 Å². The van der Waals surface area contributed by atoms with Crippen LogP contribution in [0.3, 0.4) is 0 Å². The van der Waals surface area contributed by atoms with Crippen molar-refractivity contribution in [2.24, 2.45) is 0 Å². The van der Waals surface area contributed by atoms with E-state index < -0.39 is 0 Å². The van der Waals surface area contributed by atoms with E-state index in [0.29, 0.717) is 12.5 Å². The molecule has 1 fully saturated rings. The molecule has 1 aliphatic heterocycles. The number of nitrogens with one attached hydrogen (secondary N) is 1. The molecule has 0 atom stereocenters. The number of rotatable bonds is 4. The van der Waals surface area contributed by atoms with Crippen LogP contribution in [0.5, 0.6) is 5.88 Å². The van der Waals surface area contributed by atoms with Crippen LogP contribution in [0.15, 0.2) is 12.3 Å². The summed E-state index contributed by atoms with van der Waals surface area (Å²) in [5.74, 6) is 1.43. The van der Waals surface area contributed by atoms with E-state index in [1.54, 1.807) is 12.3 Å². The van der Waals surface area contributed by atoms with Gasteiger partial charge in [0.2, 0.25) is 11.8 Å². The molecule has 5 nitrogen and oxygen atoms in total. The van der Waals surface area contributed by atoms with Gasteiger partial charge in [0, 0.05) is 30.9 Å². The number of aromatic nitrogens is 2. The van der Waals surface area contributed by atoms with Crippen LogP contribution in [-0.4, -0.2) is 42.3 Å². The highest BCUT2D eigenvalue weighted by Gasteiger charge is 2.29. The zero-order chi connectivity index (χ0) is 13.0. The van der Waals surface area contributed by atoms with Crippen molar-refractivity contribution in [3.8, 4) is 5.88 Å². The number of hydrogen-bond donors (Lipinski definition) is 1. The second-order valence-corrected chi connectivity index (χ2v) is 4.93. The van der Waals surface area contributed by atoms with Gasteiger partial charge in [0.1, 0.15) is 0 Å². The minimum Gasteiger partial charge on any atom is -0.478 e. The van der Waals surface area contributed by atoms with E-state index in [1.807, 2.05) is 14.0 Å². The van der Waals surface area contributed by atoms with Gasteiger partial charge in [-0.25, -0.2) is 4.98 Å². The Kier molecular flexibility index (Phi) is 4.01. The van der Waals surface area contributed by atoms with Crippen LogP contribution in [0.1, 0.15) is 26.7 Å². The van der Waals surface area contributed by atoms with Crippen molar-refractivity contribution in [1.29, 1.82) is 0 Å². The average molecular weight is 250 g/mol. The zero-order valence-corrected chi connectivity index (χ0v) is 11.4. The van der Waals surface area contributed by atoms with Crippen LogP contribution in [-0.2, 0) is 0 Å². The van der Waals surface area contributed by atoms with Gasteiger partial charge in [-0.1, -0.05) is 0 Å². The Morgan fingerprint density at radius 3 is 2.78 bits per heavy atom. The molecule has 0 saturated carbocycles. The highest BCUT2D eigenvalue weighted by molar-refractivity contribution is 5.33. The maximum atomic E-state index is 5.41. The van der Waals surface area contributed by atoms with Crippen molar-refractivity contribution in [3.63, 3.8) is 0 Å². The molecular weight excluding hydrogens is 228 g/mol. The molecule has 100 valence electrons. The van der Waals surface area contributed by atoms with Gasteiger partial charge in [-0.3, -0.25) is 0 Å². The van der Waals surface area contributed by atoms with Crippen LogP contribution in [0.25, 0.3) is 0 Å². The standard InChI is InChI=1S/C13H22N4O/c1-4-18-11-5-8-15-12(16-11)17-9-6-13(2,14-3)7-10-17/h5,8,14H,4,6-7,9-10H2,1-3H3. The fraction of sp³-hybridized carbons (Fsp3) is 0.692. The van der Waals surface area contributed by atoms with Crippen LogP contribution in [0.2, 0.25) is 0 Å². The average Bonchev–Trinajstić information content (AvgIpc) is 2.40. The monoisotopic (exact) mass is 250 g/mol. The molecule has 0 aromatic carbocycles. The molecule has 1 aromatic rings. The maximum absolute atomic E-state index is 5.41. The lowest BCUT2D eigenvalue weighted by Crippen LogP contribution is -2.50. The Morgan fingerprint density at radius 2 is 2.17 bits per heavy atom. The third-order valence-electron chi connectivity index (χ3n) is 3.66. The molecule has 2 heterocycles. The molecule has 1 aromatic heterocycles. The van der Waals surface area contributed by atoms with E-state index in [-0.39, 0.29) is 5.54 Å². The predicted octanol–water partition coefficient (Wildman–Crippen LogP) is 1.45. The summed E-state index contributed by atoms with van der Waals surface area (Å²) in [5, 5.41) is 3.39. The van der Waals surface area contributed by atoms with Crippen molar-refractivity contribution in [3.05, 3.63) is 12.3 Å². The van der Waals surface area contributed by atoms with Gasteiger partial charge in [0.05, 0.1) is 6.61 Å². The van der Waals surface area contributed by atoms with E-state index in [9.17, 15) is 0 Å². The second-order valence-electron chi connectivity index (χ2n) is 4.93. The largest absolute Gasteiger partial charge is 0.478 e. The summed E-state index contributed by atoms with van der Waals surface area (Å²) in [6.45, 7) is 6.82. The van der Waals surface area contributed by atoms with Crippen molar-refractivity contribution in [1.82, 2.24) is 15.3 Å². The van der Waals surface area contributed by atoms with E-state index in [2.05, 4.69) is 27.1 Å². The number of piperidine rings is 1. The first-order valence-corrected chi connectivity index (χ1v) is 6.56. The Morgan fingerprint density at radius 1 is 1.44 bits per heavy atom. The van der Waals surface area contributed by atoms with E-state index in [4.69, 9.17) is 4.74 Å². The molecule has 2 rings (SSSR count). The van der Waals surface area contributed by atoms with Crippen LogP contribution < -0.4 is 15.0 Å². The number of ether oxygens (including phenoxy) is 1. The van der Waals surface area contributed by atoms with Crippen LogP contribution in [0, 0.1) is 0 Å². The lowest BCUT2D eigenvalue weighted by Gasteiger charge is -2.39. The summed E-state index contributed by atoms with van der Waals surface area (Å²) in [7, 11) is 2.03. The third kappa shape index (κ3) is 2.90. The molecule has 5 heteroatoms. The van der Waals surface area contributed by atoms with Gasteiger partial charge < -0.3 is 15.0 Å².